The zero-order valence-corrected chi connectivity index (χ0v) is 12.2. The zero-order chi connectivity index (χ0) is 15.4. The van der Waals surface area contributed by atoms with Crippen LogP contribution in [0.25, 0.3) is 10.9 Å². The Balaban J connectivity index is 2.71. The van der Waals surface area contributed by atoms with Crippen LogP contribution in [0.3, 0.4) is 0 Å². The van der Waals surface area contributed by atoms with Gasteiger partial charge in [0.15, 0.2) is 0 Å². The second kappa shape index (κ2) is 6.41. The predicted octanol–water partition coefficient (Wildman–Crippen LogP) is 0.980. The summed E-state index contributed by atoms with van der Waals surface area (Å²) in [5.41, 5.74) is 6.74. The number of anilines is 1. The number of pyridine rings is 1. The molecule has 0 radical (unpaired) electrons. The van der Waals surface area contributed by atoms with E-state index in [9.17, 15) is 9.59 Å². The first-order chi connectivity index (χ1) is 10.1. The van der Waals surface area contributed by atoms with Crippen molar-refractivity contribution in [1.82, 2.24) is 9.88 Å². The molecule has 6 nitrogen and oxygen atoms in total. The van der Waals surface area contributed by atoms with Gasteiger partial charge in [0.05, 0.1) is 17.5 Å². The van der Waals surface area contributed by atoms with Crippen molar-refractivity contribution in [2.75, 3.05) is 26.0 Å². The van der Waals surface area contributed by atoms with E-state index in [1.807, 2.05) is 10.6 Å². The van der Waals surface area contributed by atoms with E-state index in [1.165, 1.54) is 0 Å². The highest BCUT2D eigenvalue weighted by molar-refractivity contribution is 6.00. The number of hydrogen-bond acceptors (Lipinski definition) is 4. The summed E-state index contributed by atoms with van der Waals surface area (Å²) in [4.78, 5) is 24.6. The van der Waals surface area contributed by atoms with Crippen LogP contribution in [0.5, 0.6) is 0 Å². The number of carbonyl (C=O) groups is 1. The molecule has 112 valence electrons. The summed E-state index contributed by atoms with van der Waals surface area (Å²) in [6.07, 6.45) is 1.56. The lowest BCUT2D eigenvalue weighted by Crippen LogP contribution is -2.30. The zero-order valence-electron chi connectivity index (χ0n) is 12.2. The number of nitrogen functional groups attached to an aromatic ring is 1. The summed E-state index contributed by atoms with van der Waals surface area (Å²) in [6.45, 7) is 3.26. The normalized spacial score (nSPS) is 10.8. The molecule has 0 spiro atoms. The predicted molar refractivity (Wildman–Crippen MR) is 82.5 cm³/mol. The van der Waals surface area contributed by atoms with Gasteiger partial charge in [-0.3, -0.25) is 9.59 Å². The summed E-state index contributed by atoms with van der Waals surface area (Å²) in [6, 6.07) is 5.25. The largest absolute Gasteiger partial charge is 0.398 e. The minimum atomic E-state index is -0.390. The van der Waals surface area contributed by atoms with Gasteiger partial charge in [0, 0.05) is 32.1 Å². The molecule has 3 N–H and O–H groups in total. The molecule has 2 rings (SSSR count). The molecule has 0 saturated carbocycles. The summed E-state index contributed by atoms with van der Waals surface area (Å²) in [7, 11) is 1.60. The van der Waals surface area contributed by atoms with Crippen LogP contribution < -0.4 is 16.5 Å². The SMILES string of the molecule is CCNC(=O)c1cn(CCOC)c2cccc(N)c2c1=O. The molecule has 0 atom stereocenters. The van der Waals surface area contributed by atoms with Crippen molar-refractivity contribution in [2.45, 2.75) is 13.5 Å². The highest BCUT2D eigenvalue weighted by Gasteiger charge is 2.16. The first kappa shape index (κ1) is 15.1. The van der Waals surface area contributed by atoms with Crippen LogP contribution in [0, 0.1) is 0 Å². The van der Waals surface area contributed by atoms with E-state index in [0.717, 1.165) is 0 Å². The maximum Gasteiger partial charge on any atom is 0.256 e. The van der Waals surface area contributed by atoms with Gasteiger partial charge in [-0.05, 0) is 19.1 Å². The molecule has 1 heterocycles. The third kappa shape index (κ3) is 2.90. The molecule has 1 amide bonds. The summed E-state index contributed by atoms with van der Waals surface area (Å²) in [5, 5.41) is 3.02. The number of carbonyl (C=O) groups excluding carboxylic acids is 1. The molecular weight excluding hydrogens is 270 g/mol. The Labute approximate surface area is 122 Å². The van der Waals surface area contributed by atoms with Crippen LogP contribution in [-0.2, 0) is 11.3 Å². The average Bonchev–Trinajstić information content (AvgIpc) is 2.46. The van der Waals surface area contributed by atoms with Crippen LogP contribution in [0.1, 0.15) is 17.3 Å². The molecular formula is C15H19N3O3. The molecule has 0 bridgehead atoms. The van der Waals surface area contributed by atoms with Crippen molar-refractivity contribution < 1.29 is 9.53 Å². The van der Waals surface area contributed by atoms with Crippen LogP contribution in [0.4, 0.5) is 5.69 Å². The fraction of sp³-hybridized carbons (Fsp3) is 0.333. The number of methoxy groups -OCH3 is 1. The molecule has 0 aliphatic rings. The van der Waals surface area contributed by atoms with Gasteiger partial charge in [-0.15, -0.1) is 0 Å². The number of fused-ring (bicyclic) bond motifs is 1. The Bertz CT molecular complexity index is 722. The monoisotopic (exact) mass is 289 g/mol. The molecule has 2 aromatic rings. The van der Waals surface area contributed by atoms with E-state index in [-0.39, 0.29) is 16.9 Å². The number of ether oxygens (including phenoxy) is 1. The van der Waals surface area contributed by atoms with E-state index in [4.69, 9.17) is 10.5 Å². The first-order valence-electron chi connectivity index (χ1n) is 6.79. The lowest BCUT2D eigenvalue weighted by molar-refractivity contribution is 0.0954. The number of benzene rings is 1. The van der Waals surface area contributed by atoms with Crippen LogP contribution in [-0.4, -0.2) is 30.7 Å². The second-order valence-corrected chi connectivity index (χ2v) is 4.66. The van der Waals surface area contributed by atoms with Gasteiger partial charge in [-0.25, -0.2) is 0 Å². The van der Waals surface area contributed by atoms with Crippen LogP contribution >= 0.6 is 0 Å². The maximum atomic E-state index is 12.5. The highest BCUT2D eigenvalue weighted by Crippen LogP contribution is 2.18. The number of rotatable bonds is 5. The molecule has 0 fully saturated rings. The highest BCUT2D eigenvalue weighted by atomic mass is 16.5. The fourth-order valence-electron chi connectivity index (χ4n) is 2.26. The average molecular weight is 289 g/mol. The first-order valence-corrected chi connectivity index (χ1v) is 6.79. The second-order valence-electron chi connectivity index (χ2n) is 4.66. The van der Waals surface area contributed by atoms with Crippen molar-refractivity contribution in [1.29, 1.82) is 0 Å². The quantitative estimate of drug-likeness (QED) is 0.803. The van der Waals surface area contributed by atoms with E-state index >= 15 is 0 Å². The van der Waals surface area contributed by atoms with Gasteiger partial charge in [-0.1, -0.05) is 6.07 Å². The van der Waals surface area contributed by atoms with Crippen molar-refractivity contribution in [3.63, 3.8) is 0 Å². The Kier molecular flexibility index (Phi) is 4.59. The minimum Gasteiger partial charge on any atom is -0.398 e. The molecule has 1 aromatic carbocycles. The lowest BCUT2D eigenvalue weighted by atomic mass is 10.1. The van der Waals surface area contributed by atoms with Crippen molar-refractivity contribution in [3.05, 3.63) is 40.2 Å². The number of aromatic nitrogens is 1. The minimum absolute atomic E-state index is 0.0957. The van der Waals surface area contributed by atoms with Gasteiger partial charge in [-0.2, -0.15) is 0 Å². The van der Waals surface area contributed by atoms with Crippen molar-refractivity contribution >= 4 is 22.5 Å². The number of nitrogens with two attached hydrogens (primary N) is 1. The molecule has 1 aromatic heterocycles. The molecule has 6 heteroatoms. The number of hydrogen-bond donors (Lipinski definition) is 2. The molecule has 0 unspecified atom stereocenters. The van der Waals surface area contributed by atoms with Crippen molar-refractivity contribution in [3.8, 4) is 0 Å². The number of nitrogens with one attached hydrogen (secondary N) is 1. The standard InChI is InChI=1S/C15H19N3O3/c1-3-17-15(20)10-9-18(7-8-21-2)12-6-4-5-11(16)13(12)14(10)19/h4-6,9H,3,7-8,16H2,1-2H3,(H,17,20). The van der Waals surface area contributed by atoms with Crippen molar-refractivity contribution in [2.24, 2.45) is 0 Å². The topological polar surface area (TPSA) is 86.3 Å². The smallest absolute Gasteiger partial charge is 0.256 e. The summed E-state index contributed by atoms with van der Waals surface area (Å²) in [5.74, 6) is -0.390. The molecule has 0 aliphatic carbocycles. The maximum absolute atomic E-state index is 12.5. The van der Waals surface area contributed by atoms with Crippen LogP contribution in [0.15, 0.2) is 29.2 Å². The third-order valence-corrected chi connectivity index (χ3v) is 3.26. The number of nitrogens with zero attached hydrogens (tertiary/aromatic N) is 1. The van der Waals surface area contributed by atoms with Gasteiger partial charge >= 0.3 is 0 Å². The van der Waals surface area contributed by atoms with E-state index in [1.54, 1.807) is 32.4 Å². The molecule has 0 aliphatic heterocycles. The van der Waals surface area contributed by atoms with E-state index in [0.29, 0.717) is 36.3 Å². The fourth-order valence-corrected chi connectivity index (χ4v) is 2.26. The van der Waals surface area contributed by atoms with Crippen LogP contribution in [0.2, 0.25) is 0 Å². The van der Waals surface area contributed by atoms with E-state index in [2.05, 4.69) is 5.32 Å². The van der Waals surface area contributed by atoms with Gasteiger partial charge < -0.3 is 20.4 Å². The number of amides is 1. The lowest BCUT2D eigenvalue weighted by Gasteiger charge is -2.14. The van der Waals surface area contributed by atoms with Gasteiger partial charge in [0.25, 0.3) is 5.91 Å². The van der Waals surface area contributed by atoms with Gasteiger partial charge in [0.2, 0.25) is 5.43 Å². The molecule has 0 saturated heterocycles. The van der Waals surface area contributed by atoms with E-state index < -0.39 is 0 Å². The Morgan fingerprint density at radius 3 is 2.86 bits per heavy atom. The Morgan fingerprint density at radius 1 is 1.43 bits per heavy atom. The van der Waals surface area contributed by atoms with Gasteiger partial charge in [0.1, 0.15) is 5.56 Å². The summed E-state index contributed by atoms with van der Waals surface area (Å²) < 4.78 is 6.89. The molecule has 21 heavy (non-hydrogen) atoms. The summed E-state index contributed by atoms with van der Waals surface area (Å²) >= 11 is 0. The Morgan fingerprint density at radius 2 is 2.19 bits per heavy atom. The Hall–Kier alpha value is -2.34. The third-order valence-electron chi connectivity index (χ3n) is 3.26.